The minimum atomic E-state index is -0.478. The molecule has 0 spiro atoms. The third-order valence-corrected chi connectivity index (χ3v) is 3.41. The maximum atomic E-state index is 11.2. The SMILES string of the molecule is CCOC(=O)Nc1nc(-c2ccc(Br)cc2)cs1. The number of thiazole rings is 1. The molecule has 0 radical (unpaired) electrons. The van der Waals surface area contributed by atoms with Gasteiger partial charge in [0.2, 0.25) is 0 Å². The van der Waals surface area contributed by atoms with Crippen LogP contribution in [0.4, 0.5) is 9.93 Å². The lowest BCUT2D eigenvalue weighted by molar-refractivity contribution is 0.168. The third-order valence-electron chi connectivity index (χ3n) is 2.13. The average Bonchev–Trinajstić information content (AvgIpc) is 2.78. The van der Waals surface area contributed by atoms with E-state index in [1.807, 2.05) is 29.6 Å². The summed E-state index contributed by atoms with van der Waals surface area (Å²) < 4.78 is 5.81. The fourth-order valence-corrected chi connectivity index (χ4v) is 2.31. The predicted molar refractivity (Wildman–Crippen MR) is 75.9 cm³/mol. The number of hydrogen-bond donors (Lipinski definition) is 1. The average molecular weight is 327 g/mol. The zero-order valence-corrected chi connectivity index (χ0v) is 12.0. The number of aromatic nitrogens is 1. The van der Waals surface area contributed by atoms with Gasteiger partial charge in [-0.05, 0) is 19.1 Å². The zero-order chi connectivity index (χ0) is 13.0. The van der Waals surface area contributed by atoms with Gasteiger partial charge < -0.3 is 4.74 Å². The van der Waals surface area contributed by atoms with Crippen molar-refractivity contribution >= 4 is 38.5 Å². The molecule has 1 N–H and O–H groups in total. The largest absolute Gasteiger partial charge is 0.450 e. The highest BCUT2D eigenvalue weighted by molar-refractivity contribution is 9.10. The quantitative estimate of drug-likeness (QED) is 0.922. The van der Waals surface area contributed by atoms with Crippen LogP contribution >= 0.6 is 27.3 Å². The first kappa shape index (κ1) is 13.0. The zero-order valence-electron chi connectivity index (χ0n) is 9.64. The van der Waals surface area contributed by atoms with Crippen LogP contribution in [0.1, 0.15) is 6.92 Å². The van der Waals surface area contributed by atoms with Crippen molar-refractivity contribution in [3.05, 3.63) is 34.1 Å². The summed E-state index contributed by atoms with van der Waals surface area (Å²) in [6.45, 7) is 2.10. The standard InChI is InChI=1S/C12H11BrN2O2S/c1-2-17-12(16)15-11-14-10(7-18-11)8-3-5-9(13)6-4-8/h3-7H,2H2,1H3,(H,14,15,16). The van der Waals surface area contributed by atoms with Gasteiger partial charge in [0.25, 0.3) is 0 Å². The van der Waals surface area contributed by atoms with Crippen LogP contribution in [0.5, 0.6) is 0 Å². The summed E-state index contributed by atoms with van der Waals surface area (Å²) in [5.74, 6) is 0. The maximum absolute atomic E-state index is 11.2. The molecule has 0 aliphatic carbocycles. The lowest BCUT2D eigenvalue weighted by Crippen LogP contribution is -2.12. The molecule has 1 amide bonds. The van der Waals surface area contributed by atoms with E-state index in [1.54, 1.807) is 6.92 Å². The molecule has 0 fully saturated rings. The molecular weight excluding hydrogens is 316 g/mol. The number of ether oxygens (including phenoxy) is 1. The number of benzene rings is 1. The van der Waals surface area contributed by atoms with Crippen molar-refractivity contribution in [3.63, 3.8) is 0 Å². The molecule has 6 heteroatoms. The van der Waals surface area contributed by atoms with E-state index in [0.717, 1.165) is 15.7 Å². The van der Waals surface area contributed by atoms with E-state index in [4.69, 9.17) is 4.74 Å². The Labute approximate surface area is 117 Å². The fourth-order valence-electron chi connectivity index (χ4n) is 1.34. The molecule has 1 heterocycles. The van der Waals surface area contributed by atoms with Gasteiger partial charge in [-0.3, -0.25) is 5.32 Å². The smallest absolute Gasteiger partial charge is 0.413 e. The number of halogens is 1. The maximum Gasteiger partial charge on any atom is 0.413 e. The van der Waals surface area contributed by atoms with Gasteiger partial charge in [-0.2, -0.15) is 0 Å². The number of amides is 1. The van der Waals surface area contributed by atoms with Crippen LogP contribution in [-0.2, 0) is 4.74 Å². The molecule has 94 valence electrons. The van der Waals surface area contributed by atoms with E-state index >= 15 is 0 Å². The minimum Gasteiger partial charge on any atom is -0.450 e. The van der Waals surface area contributed by atoms with Crippen molar-refractivity contribution in [3.8, 4) is 11.3 Å². The Morgan fingerprint density at radius 1 is 1.44 bits per heavy atom. The summed E-state index contributed by atoms with van der Waals surface area (Å²) in [5, 5.41) is 5.01. The molecule has 0 atom stereocenters. The Bertz CT molecular complexity index is 539. The number of carbonyl (C=O) groups is 1. The van der Waals surface area contributed by atoms with Crippen LogP contribution in [0.15, 0.2) is 34.1 Å². The van der Waals surface area contributed by atoms with Crippen molar-refractivity contribution in [1.82, 2.24) is 4.98 Å². The van der Waals surface area contributed by atoms with Crippen molar-refractivity contribution in [1.29, 1.82) is 0 Å². The Balaban J connectivity index is 2.10. The van der Waals surface area contributed by atoms with Gasteiger partial charge in [0.1, 0.15) is 0 Å². The van der Waals surface area contributed by atoms with Gasteiger partial charge in [0, 0.05) is 15.4 Å². The Hall–Kier alpha value is -1.40. The normalized spacial score (nSPS) is 10.1. The van der Waals surface area contributed by atoms with Crippen LogP contribution in [0, 0.1) is 0 Å². The van der Waals surface area contributed by atoms with E-state index in [0.29, 0.717) is 11.7 Å². The molecule has 0 bridgehead atoms. The molecule has 0 aliphatic heterocycles. The molecule has 1 aromatic heterocycles. The van der Waals surface area contributed by atoms with Crippen molar-refractivity contribution in [2.24, 2.45) is 0 Å². The lowest BCUT2D eigenvalue weighted by Gasteiger charge is -2.00. The summed E-state index contributed by atoms with van der Waals surface area (Å²) in [7, 11) is 0. The predicted octanol–water partition coefficient (Wildman–Crippen LogP) is 4.14. The van der Waals surface area contributed by atoms with Crippen LogP contribution in [0.25, 0.3) is 11.3 Å². The molecule has 2 rings (SSSR count). The highest BCUT2D eigenvalue weighted by Gasteiger charge is 2.07. The van der Waals surface area contributed by atoms with E-state index in [-0.39, 0.29) is 0 Å². The monoisotopic (exact) mass is 326 g/mol. The number of rotatable bonds is 3. The molecule has 1 aromatic carbocycles. The van der Waals surface area contributed by atoms with Crippen molar-refractivity contribution in [2.75, 3.05) is 11.9 Å². The van der Waals surface area contributed by atoms with E-state index in [1.165, 1.54) is 11.3 Å². The second-order valence-electron chi connectivity index (χ2n) is 3.39. The van der Waals surface area contributed by atoms with Crippen LogP contribution < -0.4 is 5.32 Å². The Morgan fingerprint density at radius 3 is 2.83 bits per heavy atom. The van der Waals surface area contributed by atoms with Gasteiger partial charge in [0.15, 0.2) is 5.13 Å². The third kappa shape index (κ3) is 3.30. The molecule has 18 heavy (non-hydrogen) atoms. The van der Waals surface area contributed by atoms with Crippen LogP contribution in [-0.4, -0.2) is 17.7 Å². The summed E-state index contributed by atoms with van der Waals surface area (Å²) in [4.78, 5) is 15.6. The molecule has 0 aliphatic rings. The number of nitrogens with one attached hydrogen (secondary N) is 1. The molecule has 0 saturated carbocycles. The van der Waals surface area contributed by atoms with Gasteiger partial charge in [-0.25, -0.2) is 9.78 Å². The Kier molecular flexibility index (Phi) is 4.33. The Morgan fingerprint density at radius 2 is 2.17 bits per heavy atom. The molecule has 2 aromatic rings. The summed E-state index contributed by atoms with van der Waals surface area (Å²) >= 11 is 4.75. The van der Waals surface area contributed by atoms with Gasteiger partial charge in [0.05, 0.1) is 12.3 Å². The first-order valence-electron chi connectivity index (χ1n) is 5.34. The molecule has 0 unspecified atom stereocenters. The first-order valence-corrected chi connectivity index (χ1v) is 7.01. The van der Waals surface area contributed by atoms with Crippen LogP contribution in [0.2, 0.25) is 0 Å². The first-order chi connectivity index (χ1) is 8.69. The van der Waals surface area contributed by atoms with Gasteiger partial charge >= 0.3 is 6.09 Å². The van der Waals surface area contributed by atoms with Crippen LogP contribution in [0.3, 0.4) is 0 Å². The molecule has 0 saturated heterocycles. The van der Waals surface area contributed by atoms with E-state index in [2.05, 4.69) is 26.2 Å². The number of carbonyl (C=O) groups excluding carboxylic acids is 1. The number of hydrogen-bond acceptors (Lipinski definition) is 4. The van der Waals surface area contributed by atoms with Gasteiger partial charge in [-0.15, -0.1) is 11.3 Å². The van der Waals surface area contributed by atoms with E-state index in [9.17, 15) is 4.79 Å². The molecule has 4 nitrogen and oxygen atoms in total. The highest BCUT2D eigenvalue weighted by atomic mass is 79.9. The highest BCUT2D eigenvalue weighted by Crippen LogP contribution is 2.26. The number of anilines is 1. The van der Waals surface area contributed by atoms with Crippen molar-refractivity contribution < 1.29 is 9.53 Å². The second-order valence-corrected chi connectivity index (χ2v) is 5.16. The summed E-state index contributed by atoms with van der Waals surface area (Å²) in [6, 6.07) is 7.83. The topological polar surface area (TPSA) is 51.2 Å². The molecular formula is C12H11BrN2O2S. The summed E-state index contributed by atoms with van der Waals surface area (Å²) in [5.41, 5.74) is 1.84. The fraction of sp³-hybridized carbons (Fsp3) is 0.167. The van der Waals surface area contributed by atoms with Gasteiger partial charge in [-0.1, -0.05) is 28.1 Å². The minimum absolute atomic E-state index is 0.344. The summed E-state index contributed by atoms with van der Waals surface area (Å²) in [6.07, 6.45) is -0.478. The second kappa shape index (κ2) is 5.97. The van der Waals surface area contributed by atoms with Crippen molar-refractivity contribution in [2.45, 2.75) is 6.92 Å². The van der Waals surface area contributed by atoms with E-state index < -0.39 is 6.09 Å². The number of nitrogens with zero attached hydrogens (tertiary/aromatic N) is 1. The lowest BCUT2D eigenvalue weighted by atomic mass is 10.2.